The summed E-state index contributed by atoms with van der Waals surface area (Å²) in [6, 6.07) is 14.9. The molecule has 0 aliphatic heterocycles. The molecule has 2 aromatic carbocycles. The maximum Gasteiger partial charge on any atom is 0.257 e. The first kappa shape index (κ1) is 24.9. The van der Waals surface area contributed by atoms with Crippen molar-refractivity contribution in [1.82, 2.24) is 9.97 Å². The lowest BCUT2D eigenvalue weighted by Crippen LogP contribution is -2.14. The number of nitrogens with zero attached hydrogens (tertiary/aromatic N) is 3. The molecule has 11 heteroatoms. The lowest BCUT2D eigenvalue weighted by Gasteiger charge is -2.15. The van der Waals surface area contributed by atoms with Crippen LogP contribution in [0.25, 0.3) is 22.2 Å². The highest BCUT2D eigenvalue weighted by molar-refractivity contribution is 14.2. The van der Waals surface area contributed by atoms with E-state index < -0.39 is 17.5 Å². The molecule has 7 nitrogen and oxygen atoms in total. The fourth-order valence-electron chi connectivity index (χ4n) is 3.31. The molecular formula is C24H16F2IN4O3P. The summed E-state index contributed by atoms with van der Waals surface area (Å²) >= 11 is 2.06. The van der Waals surface area contributed by atoms with Crippen LogP contribution in [0.1, 0.15) is 15.9 Å². The molecule has 0 aliphatic rings. The molecule has 4 rings (SSSR count). The Morgan fingerprint density at radius 3 is 2.74 bits per heavy atom. The third kappa shape index (κ3) is 5.88. The SMILES string of the molecule is N#Cc1ccc(-c2c(F)cc(C(=O)Nc3ccc4cccnc4n3)cc2OCCOPI)cc1F. The van der Waals surface area contributed by atoms with Crippen molar-refractivity contribution in [3.05, 3.63) is 83.6 Å². The first-order valence-electron chi connectivity index (χ1n) is 10.2. The number of carbonyl (C=O) groups excluding carboxylic acids is 1. The van der Waals surface area contributed by atoms with Crippen LogP contribution in [-0.2, 0) is 4.52 Å². The second kappa shape index (κ2) is 11.4. The van der Waals surface area contributed by atoms with E-state index in [2.05, 4.69) is 37.3 Å². The van der Waals surface area contributed by atoms with E-state index in [1.165, 1.54) is 18.2 Å². The van der Waals surface area contributed by atoms with Gasteiger partial charge in [0.15, 0.2) is 5.65 Å². The first-order chi connectivity index (χ1) is 17.0. The van der Waals surface area contributed by atoms with Crippen molar-refractivity contribution >= 4 is 51.2 Å². The van der Waals surface area contributed by atoms with Gasteiger partial charge < -0.3 is 14.6 Å². The molecule has 0 spiro atoms. The van der Waals surface area contributed by atoms with Gasteiger partial charge in [-0.25, -0.2) is 18.7 Å². The minimum absolute atomic E-state index is 0.0185. The summed E-state index contributed by atoms with van der Waals surface area (Å²) in [7, 11) is 0. The van der Waals surface area contributed by atoms with E-state index in [0.717, 1.165) is 17.5 Å². The van der Waals surface area contributed by atoms with Crippen LogP contribution in [0.5, 0.6) is 5.75 Å². The Labute approximate surface area is 213 Å². The molecule has 1 N–H and O–H groups in total. The zero-order chi connectivity index (χ0) is 24.8. The Hall–Kier alpha value is -3.26. The summed E-state index contributed by atoms with van der Waals surface area (Å²) in [5.41, 5.74) is 0.404. The topological polar surface area (TPSA) is 97.1 Å². The maximum absolute atomic E-state index is 15.3. The predicted molar refractivity (Wildman–Crippen MR) is 138 cm³/mol. The minimum atomic E-state index is -0.790. The smallest absolute Gasteiger partial charge is 0.257 e. The third-order valence-corrected chi connectivity index (χ3v) is 6.15. The summed E-state index contributed by atoms with van der Waals surface area (Å²) in [5.74, 6) is -1.91. The van der Waals surface area contributed by atoms with Crippen molar-refractivity contribution in [2.75, 3.05) is 18.5 Å². The predicted octanol–water partition coefficient (Wildman–Crippen LogP) is 6.04. The van der Waals surface area contributed by atoms with Crippen LogP contribution in [0.2, 0.25) is 0 Å². The van der Waals surface area contributed by atoms with E-state index in [4.69, 9.17) is 14.5 Å². The Morgan fingerprint density at radius 2 is 1.97 bits per heavy atom. The molecule has 2 aromatic heterocycles. The van der Waals surface area contributed by atoms with Gasteiger partial charge in [0.25, 0.3) is 5.91 Å². The zero-order valence-corrected chi connectivity index (χ0v) is 21.0. The van der Waals surface area contributed by atoms with E-state index in [9.17, 15) is 9.18 Å². The largest absolute Gasteiger partial charge is 0.490 e. The molecule has 1 amide bonds. The quantitative estimate of drug-likeness (QED) is 0.150. The Balaban J connectivity index is 1.67. The van der Waals surface area contributed by atoms with E-state index >= 15 is 4.39 Å². The average molecular weight is 604 g/mol. The highest BCUT2D eigenvalue weighted by Gasteiger charge is 2.19. The van der Waals surface area contributed by atoms with E-state index in [-0.39, 0.29) is 53.5 Å². The summed E-state index contributed by atoms with van der Waals surface area (Å²) < 4.78 is 40.5. The van der Waals surface area contributed by atoms with Crippen molar-refractivity contribution < 1.29 is 22.8 Å². The molecule has 2 heterocycles. The van der Waals surface area contributed by atoms with Crippen LogP contribution in [0.4, 0.5) is 14.6 Å². The second-order valence-electron chi connectivity index (χ2n) is 7.11. The van der Waals surface area contributed by atoms with Crippen LogP contribution < -0.4 is 10.1 Å². The number of ether oxygens (including phenoxy) is 1. The molecule has 0 aliphatic carbocycles. The Morgan fingerprint density at radius 1 is 1.11 bits per heavy atom. The number of nitrogens with one attached hydrogen (secondary N) is 1. The van der Waals surface area contributed by atoms with Crippen molar-refractivity contribution in [3.63, 3.8) is 0 Å². The molecular weight excluding hydrogens is 588 g/mol. The normalized spacial score (nSPS) is 11.0. The molecule has 35 heavy (non-hydrogen) atoms. The first-order valence-corrected chi connectivity index (χ1v) is 14.2. The fraction of sp³-hybridized carbons (Fsp3) is 0.0833. The van der Waals surface area contributed by atoms with Gasteiger partial charge in [-0.2, -0.15) is 5.26 Å². The number of halogens is 3. The number of hydrogen-bond acceptors (Lipinski definition) is 6. The van der Waals surface area contributed by atoms with E-state index in [0.29, 0.717) is 5.65 Å². The molecule has 0 fully saturated rings. The molecule has 0 bridgehead atoms. The van der Waals surface area contributed by atoms with Gasteiger partial charge in [-0.3, -0.25) is 4.79 Å². The summed E-state index contributed by atoms with van der Waals surface area (Å²) in [6.07, 6.45) is 1.59. The van der Waals surface area contributed by atoms with Crippen LogP contribution in [0, 0.1) is 23.0 Å². The molecule has 4 aromatic rings. The van der Waals surface area contributed by atoms with Crippen LogP contribution in [0.15, 0.2) is 60.8 Å². The lowest BCUT2D eigenvalue weighted by atomic mass is 10.00. The third-order valence-electron chi connectivity index (χ3n) is 4.90. The molecule has 1 atom stereocenters. The average Bonchev–Trinajstić information content (AvgIpc) is 2.86. The lowest BCUT2D eigenvalue weighted by molar-refractivity contribution is 0.102. The number of pyridine rings is 2. The van der Waals surface area contributed by atoms with Gasteiger partial charge in [0.1, 0.15) is 35.9 Å². The number of benzene rings is 2. The monoisotopic (exact) mass is 604 g/mol. The molecule has 0 saturated heterocycles. The number of anilines is 1. The summed E-state index contributed by atoms with van der Waals surface area (Å²) in [5, 5.41) is 12.4. The molecule has 0 radical (unpaired) electrons. The molecule has 1 unspecified atom stereocenters. The summed E-state index contributed by atoms with van der Waals surface area (Å²) in [4.78, 5) is 21.4. The molecule has 176 valence electrons. The second-order valence-corrected chi connectivity index (χ2v) is 8.88. The van der Waals surface area contributed by atoms with E-state index in [1.807, 2.05) is 6.07 Å². The van der Waals surface area contributed by atoms with Gasteiger partial charge in [0.2, 0.25) is 0 Å². The van der Waals surface area contributed by atoms with Crippen molar-refractivity contribution in [2.45, 2.75) is 0 Å². The summed E-state index contributed by atoms with van der Waals surface area (Å²) in [6.45, 7) is 0.552. The minimum Gasteiger partial charge on any atom is -0.490 e. The zero-order valence-electron chi connectivity index (χ0n) is 17.9. The number of carbonyl (C=O) groups is 1. The number of hydrogen-bond donors (Lipinski definition) is 1. The van der Waals surface area contributed by atoms with Gasteiger partial charge >= 0.3 is 0 Å². The number of aromatic nitrogens is 2. The van der Waals surface area contributed by atoms with Crippen molar-refractivity contribution in [1.29, 1.82) is 5.26 Å². The van der Waals surface area contributed by atoms with Crippen LogP contribution >= 0.6 is 28.5 Å². The highest BCUT2D eigenvalue weighted by Crippen LogP contribution is 2.35. The fourth-order valence-corrected chi connectivity index (χ4v) is 4.13. The number of rotatable bonds is 8. The highest BCUT2D eigenvalue weighted by atomic mass is 127. The van der Waals surface area contributed by atoms with Gasteiger partial charge in [-0.15, -0.1) is 0 Å². The van der Waals surface area contributed by atoms with Gasteiger partial charge in [0.05, 0.1) is 24.2 Å². The van der Waals surface area contributed by atoms with E-state index in [1.54, 1.807) is 30.5 Å². The Kier molecular flexibility index (Phi) is 8.13. The van der Waals surface area contributed by atoms with Gasteiger partial charge in [-0.1, -0.05) is 6.07 Å². The van der Waals surface area contributed by atoms with Crippen LogP contribution in [0.3, 0.4) is 0 Å². The number of fused-ring (bicyclic) bond motifs is 1. The number of nitriles is 1. The van der Waals surface area contributed by atoms with Crippen molar-refractivity contribution in [3.8, 4) is 22.9 Å². The maximum atomic E-state index is 15.3. The van der Waals surface area contributed by atoms with Gasteiger partial charge in [0, 0.05) is 17.1 Å². The molecule has 0 saturated carbocycles. The van der Waals surface area contributed by atoms with Crippen LogP contribution in [-0.4, -0.2) is 29.1 Å². The number of amides is 1. The van der Waals surface area contributed by atoms with Gasteiger partial charge in [-0.05, 0) is 76.1 Å². The van der Waals surface area contributed by atoms with Crippen molar-refractivity contribution in [2.24, 2.45) is 0 Å². The Bertz CT molecular complexity index is 1450. The standard InChI is InChI=1S/C24H16F2IN4O3P/c25-18-10-15(3-4-16(18)13-28)22-19(26)11-17(12-20(22)33-8-9-34-35-27)24(32)31-21-6-5-14-2-1-7-29-23(14)30-21/h1-7,10-12,35H,8-9H2,(H,29,30,31,32).